The summed E-state index contributed by atoms with van der Waals surface area (Å²) in [6.45, 7) is 10.7. The molecule has 0 amide bonds. The van der Waals surface area contributed by atoms with E-state index in [1.165, 1.54) is 0 Å². The molecule has 6 heteroatoms. The Morgan fingerprint density at radius 3 is 1.12 bits per heavy atom. The predicted octanol–water partition coefficient (Wildman–Crippen LogP) is 4.38. The molecule has 0 radical (unpaired) electrons. The summed E-state index contributed by atoms with van der Waals surface area (Å²) in [6, 6.07) is 0. The summed E-state index contributed by atoms with van der Waals surface area (Å²) in [5, 5.41) is 0. The molecule has 0 saturated carbocycles. The second-order valence-electron chi connectivity index (χ2n) is 3.18. The van der Waals surface area contributed by atoms with Gasteiger partial charge in [-0.05, 0) is 0 Å². The average Bonchev–Trinajstić information content (AvgIpc) is 2.25. The zero-order valence-corrected chi connectivity index (χ0v) is 8.75. The van der Waals surface area contributed by atoms with E-state index in [0.29, 0.717) is 12.2 Å². The molecular weight excluding hydrogens is 246 g/mol. The molecule has 96 valence electrons. The van der Waals surface area contributed by atoms with Crippen molar-refractivity contribution in [2.75, 3.05) is 0 Å². The third-order valence-corrected chi connectivity index (χ3v) is 2.09. The summed E-state index contributed by atoms with van der Waals surface area (Å²) in [6.07, 6.45) is 0.585. The van der Waals surface area contributed by atoms with Crippen molar-refractivity contribution in [2.45, 2.75) is 17.8 Å². The topological polar surface area (TPSA) is 0 Å². The van der Waals surface area contributed by atoms with E-state index >= 15 is 0 Å². The Labute approximate surface area is 94.6 Å². The molecule has 0 aliphatic heterocycles. The molecule has 17 heavy (non-hydrogen) atoms. The van der Waals surface area contributed by atoms with Gasteiger partial charge in [0.1, 0.15) is 0 Å². The van der Waals surface area contributed by atoms with Gasteiger partial charge in [0.15, 0.2) is 0 Å². The molecule has 0 fully saturated rings. The molecule has 0 aromatic heterocycles. The van der Waals surface area contributed by atoms with Crippen LogP contribution in [0.4, 0.5) is 26.3 Å². The first-order valence-electron chi connectivity index (χ1n) is 4.23. The minimum atomic E-state index is -5.67. The first kappa shape index (κ1) is 15.5. The third-order valence-electron chi connectivity index (χ3n) is 2.09. The first-order valence-corrected chi connectivity index (χ1v) is 4.23. The van der Waals surface area contributed by atoms with Crippen LogP contribution in [0.1, 0.15) is 0 Å². The van der Waals surface area contributed by atoms with Gasteiger partial charge >= 0.3 is 17.8 Å². The second-order valence-corrected chi connectivity index (χ2v) is 3.18. The molecule has 0 aromatic carbocycles. The van der Waals surface area contributed by atoms with Gasteiger partial charge in [-0.3, -0.25) is 0 Å². The van der Waals surface area contributed by atoms with Gasteiger partial charge in [0.2, 0.25) is 0 Å². The van der Waals surface area contributed by atoms with Crippen molar-refractivity contribution in [1.82, 2.24) is 0 Å². The number of halogens is 6. The molecule has 0 heterocycles. The smallest absolute Gasteiger partial charge is 0.194 e. The van der Waals surface area contributed by atoms with E-state index in [1.807, 2.05) is 0 Å². The fourth-order valence-electron chi connectivity index (χ4n) is 0.857. The molecule has 0 rings (SSSR count). The number of rotatable bonds is 6. The SMILES string of the molecule is C=CC(=C)C(F)(F)C(F)(F)C(F)(F)C(=C)C=C. The standard InChI is InChI=1S/C11H10F6/c1-5-7(3)9(12,13)11(16,17)10(14,15)8(4)6-2/h5-6H,1-4H2. The van der Waals surface area contributed by atoms with Crippen molar-refractivity contribution in [3.63, 3.8) is 0 Å². The molecule has 0 aliphatic carbocycles. The Kier molecular flexibility index (Phi) is 4.05. The van der Waals surface area contributed by atoms with Crippen molar-refractivity contribution in [3.05, 3.63) is 49.6 Å². The number of alkyl halides is 6. The van der Waals surface area contributed by atoms with E-state index < -0.39 is 28.9 Å². The molecular formula is C11H10F6. The van der Waals surface area contributed by atoms with E-state index in [-0.39, 0.29) is 0 Å². The van der Waals surface area contributed by atoms with Crippen LogP contribution in [-0.2, 0) is 0 Å². The average molecular weight is 256 g/mol. The van der Waals surface area contributed by atoms with Crippen molar-refractivity contribution in [3.8, 4) is 0 Å². The lowest BCUT2D eigenvalue weighted by atomic mass is 9.94. The summed E-state index contributed by atoms with van der Waals surface area (Å²) < 4.78 is 78.7. The highest BCUT2D eigenvalue weighted by molar-refractivity contribution is 5.32. The normalized spacial score (nSPS) is 13.1. The van der Waals surface area contributed by atoms with E-state index in [2.05, 4.69) is 26.3 Å². The maximum absolute atomic E-state index is 13.1. The Bertz CT molecular complexity index is 330. The predicted molar refractivity (Wildman–Crippen MR) is 53.5 cm³/mol. The van der Waals surface area contributed by atoms with Crippen LogP contribution in [0.15, 0.2) is 49.6 Å². The van der Waals surface area contributed by atoms with Gasteiger partial charge in [0.25, 0.3) is 0 Å². The zero-order valence-electron chi connectivity index (χ0n) is 8.75. The summed E-state index contributed by atoms with van der Waals surface area (Å²) in [5.41, 5.74) is -3.00. The van der Waals surface area contributed by atoms with Gasteiger partial charge in [-0.25, -0.2) is 0 Å². The van der Waals surface area contributed by atoms with E-state index in [4.69, 9.17) is 0 Å². The van der Waals surface area contributed by atoms with Crippen molar-refractivity contribution in [2.24, 2.45) is 0 Å². The zero-order chi connectivity index (χ0) is 14.1. The maximum atomic E-state index is 13.1. The van der Waals surface area contributed by atoms with Crippen LogP contribution in [0.3, 0.4) is 0 Å². The van der Waals surface area contributed by atoms with Gasteiger partial charge in [0, 0.05) is 11.1 Å². The number of hydrogen-bond acceptors (Lipinski definition) is 0. The monoisotopic (exact) mass is 256 g/mol. The molecule has 0 aliphatic rings. The van der Waals surface area contributed by atoms with Crippen LogP contribution < -0.4 is 0 Å². The van der Waals surface area contributed by atoms with Gasteiger partial charge in [-0.2, -0.15) is 26.3 Å². The van der Waals surface area contributed by atoms with Crippen LogP contribution >= 0.6 is 0 Å². The first-order chi connectivity index (χ1) is 7.46. The third kappa shape index (κ3) is 2.16. The molecule has 0 bridgehead atoms. The van der Waals surface area contributed by atoms with Gasteiger partial charge in [-0.1, -0.05) is 38.5 Å². The van der Waals surface area contributed by atoms with Gasteiger partial charge in [-0.15, -0.1) is 0 Å². The molecule has 0 spiro atoms. The molecule has 0 saturated heterocycles. The largest absolute Gasteiger partial charge is 0.380 e. The highest BCUT2D eigenvalue weighted by Gasteiger charge is 2.72. The molecule has 0 nitrogen and oxygen atoms in total. The quantitative estimate of drug-likeness (QED) is 0.488. The number of allylic oxidation sites excluding steroid dienone is 4. The lowest BCUT2D eigenvalue weighted by molar-refractivity contribution is -0.278. The van der Waals surface area contributed by atoms with Crippen molar-refractivity contribution >= 4 is 0 Å². The highest BCUT2D eigenvalue weighted by Crippen LogP contribution is 2.51. The van der Waals surface area contributed by atoms with Gasteiger partial charge < -0.3 is 0 Å². The Balaban J connectivity index is 5.69. The maximum Gasteiger partial charge on any atom is 0.380 e. The Morgan fingerprint density at radius 2 is 0.941 bits per heavy atom. The minimum absolute atomic E-state index is 0.292. The molecule has 0 N–H and O–H groups in total. The second kappa shape index (κ2) is 4.43. The highest BCUT2D eigenvalue weighted by atomic mass is 19.3. The minimum Gasteiger partial charge on any atom is -0.194 e. The lowest BCUT2D eigenvalue weighted by Crippen LogP contribution is -2.55. The van der Waals surface area contributed by atoms with Crippen LogP contribution in [0.2, 0.25) is 0 Å². The van der Waals surface area contributed by atoms with Gasteiger partial charge in [0.05, 0.1) is 0 Å². The number of hydrogen-bond donors (Lipinski definition) is 0. The Morgan fingerprint density at radius 1 is 0.706 bits per heavy atom. The molecule has 0 unspecified atom stereocenters. The summed E-state index contributed by atoms with van der Waals surface area (Å²) in [4.78, 5) is 0. The summed E-state index contributed by atoms with van der Waals surface area (Å²) >= 11 is 0. The fraction of sp³-hybridized carbons (Fsp3) is 0.273. The Hall–Kier alpha value is -1.46. The molecule has 0 aromatic rings. The summed E-state index contributed by atoms with van der Waals surface area (Å²) in [7, 11) is 0. The van der Waals surface area contributed by atoms with Crippen molar-refractivity contribution in [1.29, 1.82) is 0 Å². The summed E-state index contributed by atoms with van der Waals surface area (Å²) in [5.74, 6) is -15.9. The fourth-order valence-corrected chi connectivity index (χ4v) is 0.857. The lowest BCUT2D eigenvalue weighted by Gasteiger charge is -2.33. The van der Waals surface area contributed by atoms with E-state index in [0.717, 1.165) is 0 Å². The van der Waals surface area contributed by atoms with E-state index in [9.17, 15) is 26.3 Å². The molecule has 0 atom stereocenters. The van der Waals surface area contributed by atoms with E-state index in [1.54, 1.807) is 0 Å². The van der Waals surface area contributed by atoms with Crippen LogP contribution in [0.25, 0.3) is 0 Å². The van der Waals surface area contributed by atoms with Crippen LogP contribution in [-0.4, -0.2) is 17.8 Å². The van der Waals surface area contributed by atoms with Crippen LogP contribution in [0.5, 0.6) is 0 Å². The van der Waals surface area contributed by atoms with Crippen LogP contribution in [0, 0.1) is 0 Å². The van der Waals surface area contributed by atoms with Crippen molar-refractivity contribution < 1.29 is 26.3 Å².